The number of carbonyl (C=O) groups is 2. The molecule has 1 aliphatic heterocycles. The number of carboxylic acid groups (broad SMARTS) is 1. The first-order valence-corrected chi connectivity index (χ1v) is 10.9. The van der Waals surface area contributed by atoms with Crippen LogP contribution < -0.4 is 0 Å². The zero-order valence-electron chi connectivity index (χ0n) is 19.9. The summed E-state index contributed by atoms with van der Waals surface area (Å²) in [6.45, 7) is 7.44. The number of hydrogen-bond acceptors (Lipinski definition) is 7. The number of nitriles is 1. The molecule has 178 valence electrons. The molecule has 0 aromatic carbocycles. The number of rotatable bonds is 8. The van der Waals surface area contributed by atoms with E-state index in [1.165, 1.54) is 7.11 Å². The number of aliphatic imine (C=N–C) groups is 2. The Morgan fingerprint density at radius 3 is 2.68 bits per heavy atom. The van der Waals surface area contributed by atoms with Crippen molar-refractivity contribution in [3.63, 3.8) is 0 Å². The molecule has 0 radical (unpaired) electrons. The van der Waals surface area contributed by atoms with Crippen molar-refractivity contribution >= 4 is 23.9 Å². The summed E-state index contributed by atoms with van der Waals surface area (Å²) < 4.78 is 11.3. The average molecular weight is 464 g/mol. The van der Waals surface area contributed by atoms with Crippen LogP contribution in [0.4, 0.5) is 0 Å². The van der Waals surface area contributed by atoms with E-state index >= 15 is 0 Å². The minimum atomic E-state index is -1.24. The number of methoxy groups -OCH3 is 1. The van der Waals surface area contributed by atoms with Crippen LogP contribution in [0.5, 0.6) is 0 Å². The maximum absolute atomic E-state index is 11.9. The van der Waals surface area contributed by atoms with E-state index in [2.05, 4.69) is 22.6 Å². The monoisotopic (exact) mass is 463 g/mol. The van der Waals surface area contributed by atoms with Crippen LogP contribution in [-0.2, 0) is 19.1 Å². The fourth-order valence-corrected chi connectivity index (χ4v) is 3.74. The predicted molar refractivity (Wildman–Crippen MR) is 130 cm³/mol. The van der Waals surface area contributed by atoms with Gasteiger partial charge in [0.25, 0.3) is 0 Å². The molecule has 1 atom stereocenters. The highest BCUT2D eigenvalue weighted by molar-refractivity contribution is 6.15. The number of allylic oxidation sites excluding steroid dienone is 7. The molecular weight excluding hydrogens is 434 g/mol. The first-order valence-electron chi connectivity index (χ1n) is 10.9. The second-order valence-corrected chi connectivity index (χ2v) is 7.55. The van der Waals surface area contributed by atoms with E-state index in [0.717, 1.165) is 5.57 Å². The predicted octanol–water partition coefficient (Wildman–Crippen LogP) is 4.25. The Labute approximate surface area is 199 Å². The molecule has 1 N–H and O–H groups in total. The zero-order chi connectivity index (χ0) is 25.3. The molecule has 1 unspecified atom stereocenters. The summed E-state index contributed by atoms with van der Waals surface area (Å²) >= 11 is 0. The lowest BCUT2D eigenvalue weighted by atomic mass is 9.85. The molecule has 1 heterocycles. The van der Waals surface area contributed by atoms with Crippen LogP contribution in [0.2, 0.25) is 0 Å². The Morgan fingerprint density at radius 1 is 1.41 bits per heavy atom. The Bertz CT molecular complexity index is 1120. The second kappa shape index (κ2) is 12.3. The number of aldehydes is 1. The fourth-order valence-electron chi connectivity index (χ4n) is 3.74. The Kier molecular flexibility index (Phi) is 9.50. The van der Waals surface area contributed by atoms with Gasteiger partial charge in [0.2, 0.25) is 5.90 Å². The van der Waals surface area contributed by atoms with Crippen LogP contribution >= 0.6 is 0 Å². The van der Waals surface area contributed by atoms with Crippen LogP contribution in [0.3, 0.4) is 0 Å². The molecular formula is C26H29N3O5. The molecule has 1 aliphatic carbocycles. The van der Waals surface area contributed by atoms with Gasteiger partial charge in [-0.25, -0.2) is 4.79 Å². The van der Waals surface area contributed by atoms with Crippen LogP contribution in [0, 0.1) is 17.2 Å². The quantitative estimate of drug-likeness (QED) is 0.249. The van der Waals surface area contributed by atoms with E-state index in [-0.39, 0.29) is 17.2 Å². The topological polar surface area (TPSA) is 121 Å². The van der Waals surface area contributed by atoms with E-state index in [9.17, 15) is 20.0 Å². The average Bonchev–Trinajstić information content (AvgIpc) is 2.95. The van der Waals surface area contributed by atoms with Gasteiger partial charge < -0.3 is 14.6 Å². The molecule has 8 nitrogen and oxygen atoms in total. The molecule has 0 spiro atoms. The minimum absolute atomic E-state index is 0.101. The molecule has 0 amide bonds. The standard InChI is InChI=1S/C26H29N3O5/c1-6-34-25(28-4)23-20(12-19-10-8-7-9-18(14-27)11-22(19)33-5)13-21(15-30)17(3)29-24(23)16(2)26(31)32/h9-11,13,15,20H,2,6-8,12H2,1,3-5H3,(H,31,32)/b18-9+,19-10?,22-11+,28-25+. The number of aliphatic carboxylic acids is 1. The highest BCUT2D eigenvalue weighted by Gasteiger charge is 2.31. The second-order valence-electron chi connectivity index (χ2n) is 7.55. The molecule has 0 fully saturated rings. The van der Waals surface area contributed by atoms with Crippen LogP contribution in [0.15, 0.2) is 80.2 Å². The van der Waals surface area contributed by atoms with Crippen molar-refractivity contribution in [2.24, 2.45) is 15.9 Å². The van der Waals surface area contributed by atoms with Crippen LogP contribution in [0.25, 0.3) is 0 Å². The maximum atomic E-state index is 11.9. The van der Waals surface area contributed by atoms with E-state index < -0.39 is 11.9 Å². The van der Waals surface area contributed by atoms with Crippen molar-refractivity contribution in [3.05, 3.63) is 70.2 Å². The van der Waals surface area contributed by atoms with Crippen molar-refractivity contribution in [1.29, 1.82) is 5.26 Å². The van der Waals surface area contributed by atoms with Gasteiger partial charge in [-0.3, -0.25) is 14.8 Å². The molecule has 0 saturated heterocycles. The lowest BCUT2D eigenvalue weighted by Gasteiger charge is -2.23. The van der Waals surface area contributed by atoms with Crippen molar-refractivity contribution in [1.82, 2.24) is 0 Å². The van der Waals surface area contributed by atoms with Crippen molar-refractivity contribution < 1.29 is 24.2 Å². The number of ether oxygens (including phenoxy) is 2. The largest absolute Gasteiger partial charge is 0.496 e. The van der Waals surface area contributed by atoms with E-state index in [1.807, 2.05) is 12.2 Å². The highest BCUT2D eigenvalue weighted by atomic mass is 16.5. The third kappa shape index (κ3) is 6.07. The number of hydrogen-bond donors (Lipinski definition) is 1. The van der Waals surface area contributed by atoms with Gasteiger partial charge in [0.15, 0.2) is 6.29 Å². The van der Waals surface area contributed by atoms with Gasteiger partial charge in [0.1, 0.15) is 5.76 Å². The van der Waals surface area contributed by atoms with E-state index in [4.69, 9.17) is 9.47 Å². The summed E-state index contributed by atoms with van der Waals surface area (Å²) in [5.41, 5.74) is 2.28. The van der Waals surface area contributed by atoms with E-state index in [1.54, 1.807) is 33.0 Å². The molecule has 0 saturated carbocycles. The van der Waals surface area contributed by atoms with Crippen LogP contribution in [-0.4, -0.2) is 49.7 Å². The summed E-state index contributed by atoms with van der Waals surface area (Å²) in [6.07, 6.45) is 9.66. The third-order valence-corrected chi connectivity index (χ3v) is 5.40. The van der Waals surface area contributed by atoms with Gasteiger partial charge in [-0.15, -0.1) is 0 Å². The lowest BCUT2D eigenvalue weighted by Crippen LogP contribution is -2.20. The summed E-state index contributed by atoms with van der Waals surface area (Å²) in [7, 11) is 3.07. The summed E-state index contributed by atoms with van der Waals surface area (Å²) in [5, 5.41) is 19.1. The van der Waals surface area contributed by atoms with Crippen molar-refractivity contribution in [2.45, 2.75) is 33.1 Å². The van der Waals surface area contributed by atoms with E-state index in [0.29, 0.717) is 60.3 Å². The number of carbonyl (C=O) groups excluding carboxylic acids is 1. The molecule has 2 aliphatic rings. The Balaban J connectivity index is 2.78. The molecule has 0 bridgehead atoms. The van der Waals surface area contributed by atoms with Gasteiger partial charge in [-0.05, 0) is 44.8 Å². The maximum Gasteiger partial charge on any atom is 0.337 e. The van der Waals surface area contributed by atoms with Crippen molar-refractivity contribution in [3.8, 4) is 6.07 Å². The van der Waals surface area contributed by atoms with Gasteiger partial charge in [-0.1, -0.05) is 24.8 Å². The molecule has 34 heavy (non-hydrogen) atoms. The summed E-state index contributed by atoms with van der Waals surface area (Å²) in [6, 6.07) is 2.16. The smallest absolute Gasteiger partial charge is 0.337 e. The lowest BCUT2D eigenvalue weighted by molar-refractivity contribution is -0.132. The van der Waals surface area contributed by atoms with Gasteiger partial charge in [0.05, 0.1) is 36.6 Å². The summed E-state index contributed by atoms with van der Waals surface area (Å²) in [4.78, 5) is 32.5. The molecule has 0 aromatic heterocycles. The Morgan fingerprint density at radius 2 is 2.12 bits per heavy atom. The molecule has 2 rings (SSSR count). The first kappa shape index (κ1) is 26.3. The third-order valence-electron chi connectivity index (χ3n) is 5.40. The first-order chi connectivity index (χ1) is 16.3. The zero-order valence-corrected chi connectivity index (χ0v) is 19.9. The van der Waals surface area contributed by atoms with Gasteiger partial charge in [-0.2, -0.15) is 5.26 Å². The van der Waals surface area contributed by atoms with Gasteiger partial charge >= 0.3 is 5.97 Å². The fraction of sp³-hybridized carbons (Fsp3) is 0.346. The molecule has 8 heteroatoms. The minimum Gasteiger partial charge on any atom is -0.496 e. The normalized spacial score (nSPS) is 22.1. The van der Waals surface area contributed by atoms with Gasteiger partial charge in [0, 0.05) is 29.8 Å². The van der Waals surface area contributed by atoms with Crippen LogP contribution in [0.1, 0.15) is 33.1 Å². The SMILES string of the molecule is C=C(C(=O)O)C1=C(/C(=N\C)OCC)C(CC2=CCC/C=C(C#N)\C=C/2OC)C=C(C=O)C(C)=N1. The number of nitrogens with zero attached hydrogens (tertiary/aromatic N) is 3. The van der Waals surface area contributed by atoms with Crippen molar-refractivity contribution in [2.75, 3.05) is 20.8 Å². The molecule has 0 aromatic rings. The summed E-state index contributed by atoms with van der Waals surface area (Å²) in [5.74, 6) is -1.04. The Hall–Kier alpha value is -3.99. The number of carboxylic acids is 1. The highest BCUT2D eigenvalue weighted by Crippen LogP contribution is 2.35.